The summed E-state index contributed by atoms with van der Waals surface area (Å²) in [4.78, 5) is 71.4. The van der Waals surface area contributed by atoms with E-state index in [0.29, 0.717) is 0 Å². The third-order valence-electron chi connectivity index (χ3n) is 5.44. The quantitative estimate of drug-likeness (QED) is 0.0947. The van der Waals surface area contributed by atoms with Gasteiger partial charge in [-0.3, -0.25) is 28.6 Å². The Balaban J connectivity index is 1.56. The molecule has 37 heavy (non-hydrogen) atoms. The number of nitrogen functional groups attached to an aromatic ring is 1. The van der Waals surface area contributed by atoms with E-state index < -0.39 is 54.3 Å². The summed E-state index contributed by atoms with van der Waals surface area (Å²) >= 11 is 1.87. The van der Waals surface area contributed by atoms with Crippen LogP contribution in [0.15, 0.2) is 35.9 Å². The molecule has 0 aliphatic carbocycles. The highest BCUT2D eigenvalue weighted by atomic mass is 32.2. The molecular weight excluding hydrogens is 535 g/mol. The number of oxime groups is 1. The lowest BCUT2D eigenvalue weighted by molar-refractivity contribution is -0.155. The van der Waals surface area contributed by atoms with E-state index in [1.165, 1.54) is 12.4 Å². The number of carboxylic acids is 1. The van der Waals surface area contributed by atoms with Gasteiger partial charge in [0, 0.05) is 17.3 Å². The number of alkyl halides is 1. The monoisotopic (exact) mass is 554 g/mol. The molecule has 1 fully saturated rings. The molecule has 2 aromatic rings. The zero-order chi connectivity index (χ0) is 26.9. The van der Waals surface area contributed by atoms with Crippen LogP contribution in [0.2, 0.25) is 0 Å². The summed E-state index contributed by atoms with van der Waals surface area (Å²) in [6, 6.07) is -1.74. The molecule has 2 amide bonds. The van der Waals surface area contributed by atoms with E-state index >= 15 is 0 Å². The second kappa shape index (κ2) is 10.5. The second-order valence-corrected chi connectivity index (χ2v) is 9.63. The molecule has 1 saturated heterocycles. The predicted octanol–water partition coefficient (Wildman–Crippen LogP) is -1.22. The molecule has 4 heterocycles. The highest BCUT2D eigenvalue weighted by Crippen LogP contribution is 2.42. The number of rotatable bonds is 9. The largest absolute Gasteiger partial charge is 0.477 e. The number of nitrogens with two attached hydrogens (primary N) is 1. The number of aromatic amines is 1. The van der Waals surface area contributed by atoms with Crippen LogP contribution in [-0.2, 0) is 26.3 Å². The summed E-state index contributed by atoms with van der Waals surface area (Å²) < 4.78 is 13.4. The molecule has 2 atom stereocenters. The number of hydrogen-bond acceptors (Lipinski definition) is 12. The zero-order valence-corrected chi connectivity index (χ0v) is 20.6. The molecule has 0 saturated carbocycles. The van der Waals surface area contributed by atoms with Crippen LogP contribution in [0.25, 0.3) is 0 Å². The van der Waals surface area contributed by atoms with Crippen LogP contribution in [0, 0.1) is 0 Å². The van der Waals surface area contributed by atoms with E-state index in [9.17, 15) is 33.5 Å². The third kappa shape index (κ3) is 4.96. The number of carbonyl (C=O) groups excluding carboxylic acids is 2. The summed E-state index contributed by atoms with van der Waals surface area (Å²) in [5.41, 5.74) is 3.23. The average molecular weight is 555 g/mol. The van der Waals surface area contributed by atoms with Crippen molar-refractivity contribution in [1.29, 1.82) is 0 Å². The van der Waals surface area contributed by atoms with Gasteiger partial charge in [0.15, 0.2) is 16.0 Å². The number of nitrogens with zero attached hydrogens (tertiary/aromatic N) is 5. The molecule has 2 aliphatic heterocycles. The van der Waals surface area contributed by atoms with Crippen molar-refractivity contribution < 1.29 is 28.7 Å². The number of β-lactam (4-membered cyclic amide) rings is 1. The number of fused-ring (bicyclic) bond motifs is 1. The molecule has 196 valence electrons. The van der Waals surface area contributed by atoms with E-state index in [-0.39, 0.29) is 45.1 Å². The number of carbonyl (C=O) groups is 3. The summed E-state index contributed by atoms with van der Waals surface area (Å²) in [5, 5.41) is 23.4. The summed E-state index contributed by atoms with van der Waals surface area (Å²) in [7, 11) is 1.31. The van der Waals surface area contributed by atoms with Crippen molar-refractivity contribution in [2.24, 2.45) is 12.2 Å². The van der Waals surface area contributed by atoms with Crippen LogP contribution >= 0.6 is 23.1 Å². The maximum atomic E-state index is 13.0. The topological polar surface area (TPSA) is 215 Å². The van der Waals surface area contributed by atoms with Gasteiger partial charge in [-0.05, 0) is 12.8 Å². The van der Waals surface area contributed by atoms with Crippen LogP contribution in [-0.4, -0.2) is 78.6 Å². The molecule has 4 rings (SSSR count). The molecule has 15 nitrogen and oxygen atoms in total. The molecule has 0 spiro atoms. The molecule has 0 aromatic carbocycles. The number of hydrogen-bond donors (Lipinski definition) is 4. The van der Waals surface area contributed by atoms with Gasteiger partial charge in [0.25, 0.3) is 11.8 Å². The Kier molecular flexibility index (Phi) is 7.39. The van der Waals surface area contributed by atoms with E-state index in [1.54, 1.807) is 0 Å². The van der Waals surface area contributed by atoms with E-state index in [0.717, 1.165) is 32.6 Å². The van der Waals surface area contributed by atoms with Crippen LogP contribution < -0.4 is 22.2 Å². The fourth-order valence-corrected chi connectivity index (χ4v) is 5.33. The fraction of sp³-hybridized carbons (Fsp3) is 0.368. The smallest absolute Gasteiger partial charge is 0.353 e. The van der Waals surface area contributed by atoms with Crippen molar-refractivity contribution in [3.05, 3.63) is 42.4 Å². The number of halogens is 1. The minimum Gasteiger partial charge on any atom is -0.477 e. The van der Waals surface area contributed by atoms with Crippen molar-refractivity contribution in [3.63, 3.8) is 0 Å². The second-order valence-electron chi connectivity index (χ2n) is 7.68. The summed E-state index contributed by atoms with van der Waals surface area (Å²) in [6.45, 7) is -1.25. The van der Waals surface area contributed by atoms with Gasteiger partial charge in [-0.2, -0.15) is 0 Å². The number of H-pyrrole nitrogens is 1. The SMILES string of the molecule is Cn1c(SC2=C(C(=O)O)N3C(=O)[C@@H](NC(=O)/C(=N/OCCF)c4csc(N)n4)[C@H]3CC2)n[nH]c(=O)c1=O. The first-order valence-corrected chi connectivity index (χ1v) is 12.2. The lowest BCUT2D eigenvalue weighted by atomic mass is 9.86. The first-order chi connectivity index (χ1) is 17.6. The zero-order valence-electron chi connectivity index (χ0n) is 19.0. The van der Waals surface area contributed by atoms with Crippen molar-refractivity contribution in [3.8, 4) is 0 Å². The van der Waals surface area contributed by atoms with Crippen LogP contribution in [0.4, 0.5) is 9.52 Å². The number of anilines is 1. The molecule has 2 aromatic heterocycles. The molecule has 0 bridgehead atoms. The Morgan fingerprint density at radius 3 is 2.84 bits per heavy atom. The number of allylic oxidation sites excluding steroid dienone is 1. The molecule has 5 N–H and O–H groups in total. The van der Waals surface area contributed by atoms with Crippen LogP contribution in [0.5, 0.6) is 0 Å². The lowest BCUT2D eigenvalue weighted by Gasteiger charge is -2.50. The Morgan fingerprint density at radius 2 is 2.19 bits per heavy atom. The number of amides is 2. The van der Waals surface area contributed by atoms with Gasteiger partial charge < -0.3 is 21.0 Å². The van der Waals surface area contributed by atoms with Gasteiger partial charge in [-0.15, -0.1) is 16.4 Å². The van der Waals surface area contributed by atoms with Gasteiger partial charge in [0.2, 0.25) is 0 Å². The van der Waals surface area contributed by atoms with E-state index in [1.807, 2.05) is 5.10 Å². The maximum Gasteiger partial charge on any atom is 0.353 e. The number of aliphatic carboxylic acids is 1. The van der Waals surface area contributed by atoms with Gasteiger partial charge >= 0.3 is 17.1 Å². The van der Waals surface area contributed by atoms with Gasteiger partial charge in [0.1, 0.15) is 30.7 Å². The van der Waals surface area contributed by atoms with Crippen molar-refractivity contribution in [2.75, 3.05) is 19.0 Å². The Bertz CT molecular complexity index is 1450. The minimum atomic E-state index is -1.39. The van der Waals surface area contributed by atoms with Gasteiger partial charge in [-0.1, -0.05) is 16.9 Å². The van der Waals surface area contributed by atoms with Crippen LogP contribution in [0.1, 0.15) is 18.5 Å². The normalized spacial score (nSPS) is 19.4. The Hall–Kier alpha value is -4.06. The van der Waals surface area contributed by atoms with Crippen molar-refractivity contribution in [2.45, 2.75) is 30.1 Å². The molecule has 0 unspecified atom stereocenters. The molecule has 0 radical (unpaired) electrons. The van der Waals surface area contributed by atoms with E-state index in [2.05, 4.69) is 20.6 Å². The highest BCUT2D eigenvalue weighted by Gasteiger charge is 2.54. The summed E-state index contributed by atoms with van der Waals surface area (Å²) in [5.74, 6) is -2.91. The minimum absolute atomic E-state index is 0.0336. The highest BCUT2D eigenvalue weighted by molar-refractivity contribution is 8.03. The Morgan fingerprint density at radius 1 is 1.43 bits per heavy atom. The molecule has 18 heteroatoms. The fourth-order valence-electron chi connectivity index (χ4n) is 3.75. The lowest BCUT2D eigenvalue weighted by Crippen LogP contribution is -2.72. The molecular formula is C19H19FN8O7S2. The third-order valence-corrected chi connectivity index (χ3v) is 7.30. The standard InChI is InChI=1S/C19H19FN8O7S2/c1-27-16(32)14(30)24-25-19(27)37-9-3-2-8-11(15(31)28(8)12(9)17(33)34)23-13(29)10(26-35-5-4-20)7-6-36-18(21)22-7/h6,8,11H,2-5H2,1H3,(H2,21,22)(H,23,29)(H,24,30)(H,33,34)/b26-10+/t8-,11+/m1/s1. The first-order valence-electron chi connectivity index (χ1n) is 10.5. The van der Waals surface area contributed by atoms with E-state index in [4.69, 9.17) is 10.6 Å². The average Bonchev–Trinajstić information content (AvgIpc) is 3.30. The molecule has 2 aliphatic rings. The Labute approximate surface area is 214 Å². The number of carboxylic acid groups (broad SMARTS) is 1. The number of aromatic nitrogens is 4. The number of nitrogens with one attached hydrogen (secondary N) is 2. The van der Waals surface area contributed by atoms with Gasteiger partial charge in [0.05, 0.1) is 6.04 Å². The van der Waals surface area contributed by atoms with Crippen LogP contribution in [0.3, 0.4) is 0 Å². The summed E-state index contributed by atoms with van der Waals surface area (Å²) in [6.07, 6.45) is 0.465. The van der Waals surface area contributed by atoms with Crippen molar-refractivity contribution in [1.82, 2.24) is 30.0 Å². The maximum absolute atomic E-state index is 13.0. The van der Waals surface area contributed by atoms with Crippen molar-refractivity contribution >= 4 is 51.7 Å². The first kappa shape index (κ1) is 26.0. The predicted molar refractivity (Wildman–Crippen MR) is 127 cm³/mol. The van der Waals surface area contributed by atoms with Gasteiger partial charge in [-0.25, -0.2) is 19.3 Å². The number of thiazole rings is 1. The number of thioether (sulfide) groups is 1.